The van der Waals surface area contributed by atoms with Crippen LogP contribution >= 0.6 is 0 Å². The first-order valence-corrected chi connectivity index (χ1v) is 5.00. The molecule has 0 radical (unpaired) electrons. The van der Waals surface area contributed by atoms with Crippen LogP contribution in [-0.2, 0) is 13.5 Å². The lowest BCUT2D eigenvalue weighted by molar-refractivity contribution is 0.792. The van der Waals surface area contributed by atoms with E-state index in [1.54, 1.807) is 0 Å². The van der Waals surface area contributed by atoms with E-state index < -0.39 is 0 Å². The van der Waals surface area contributed by atoms with Crippen molar-refractivity contribution in [3.8, 4) is 0 Å². The lowest BCUT2D eigenvalue weighted by atomic mass is 10.1. The molecular weight excluding hydrogens is 172 g/mol. The van der Waals surface area contributed by atoms with E-state index in [1.807, 2.05) is 7.05 Å². The fourth-order valence-electron chi connectivity index (χ4n) is 1.73. The van der Waals surface area contributed by atoms with E-state index >= 15 is 0 Å². The van der Waals surface area contributed by atoms with Crippen molar-refractivity contribution in [1.29, 1.82) is 0 Å². The van der Waals surface area contributed by atoms with Gasteiger partial charge >= 0.3 is 0 Å². The second-order valence-electron chi connectivity index (χ2n) is 3.67. The van der Waals surface area contributed by atoms with E-state index in [0.717, 1.165) is 13.0 Å². The van der Waals surface area contributed by atoms with Crippen LogP contribution in [0.15, 0.2) is 30.5 Å². The van der Waals surface area contributed by atoms with Crippen molar-refractivity contribution in [3.63, 3.8) is 0 Å². The van der Waals surface area contributed by atoms with Gasteiger partial charge in [-0.1, -0.05) is 12.1 Å². The van der Waals surface area contributed by atoms with E-state index in [2.05, 4.69) is 47.4 Å². The molecule has 0 bridgehead atoms. The summed E-state index contributed by atoms with van der Waals surface area (Å²) in [4.78, 5) is 0. The molecule has 2 heteroatoms. The van der Waals surface area contributed by atoms with Crippen molar-refractivity contribution in [3.05, 3.63) is 36.0 Å². The standard InChI is InChI=1S/C12H16N2/c1-13-7-5-10-3-4-11-6-8-14(2)12(11)9-10/h3-4,6,8-9,13H,5,7H2,1-2H3. The SMILES string of the molecule is CNCCc1ccc2ccn(C)c2c1. The first kappa shape index (κ1) is 9.28. The Morgan fingerprint density at radius 1 is 1.29 bits per heavy atom. The Morgan fingerprint density at radius 3 is 2.93 bits per heavy atom. The van der Waals surface area contributed by atoms with E-state index in [0.29, 0.717) is 0 Å². The Labute approximate surface area is 84.5 Å². The number of hydrogen-bond acceptors (Lipinski definition) is 1. The van der Waals surface area contributed by atoms with E-state index in [1.165, 1.54) is 16.5 Å². The highest BCUT2D eigenvalue weighted by molar-refractivity contribution is 5.80. The van der Waals surface area contributed by atoms with Gasteiger partial charge in [-0.05, 0) is 43.1 Å². The molecule has 2 aromatic rings. The number of likely N-dealkylation sites (N-methyl/N-ethyl adjacent to an activating group) is 1. The Bertz CT molecular complexity index is 429. The summed E-state index contributed by atoms with van der Waals surface area (Å²) in [5, 5.41) is 4.49. The fraction of sp³-hybridized carbons (Fsp3) is 0.333. The molecule has 0 amide bonds. The van der Waals surface area contributed by atoms with Gasteiger partial charge in [0.05, 0.1) is 0 Å². The molecule has 0 spiro atoms. The van der Waals surface area contributed by atoms with Crippen molar-refractivity contribution in [2.45, 2.75) is 6.42 Å². The van der Waals surface area contributed by atoms with Gasteiger partial charge in [0.2, 0.25) is 0 Å². The zero-order valence-corrected chi connectivity index (χ0v) is 8.75. The van der Waals surface area contributed by atoms with Crippen LogP contribution in [0.4, 0.5) is 0 Å². The molecule has 1 N–H and O–H groups in total. The monoisotopic (exact) mass is 188 g/mol. The van der Waals surface area contributed by atoms with Crippen molar-refractivity contribution < 1.29 is 0 Å². The van der Waals surface area contributed by atoms with Gasteiger partial charge in [-0.2, -0.15) is 0 Å². The van der Waals surface area contributed by atoms with Gasteiger partial charge < -0.3 is 9.88 Å². The molecule has 2 nitrogen and oxygen atoms in total. The average molecular weight is 188 g/mol. The first-order valence-electron chi connectivity index (χ1n) is 5.00. The highest BCUT2D eigenvalue weighted by Gasteiger charge is 1.99. The van der Waals surface area contributed by atoms with Crippen LogP contribution in [-0.4, -0.2) is 18.2 Å². The van der Waals surface area contributed by atoms with Gasteiger partial charge in [0.25, 0.3) is 0 Å². The van der Waals surface area contributed by atoms with E-state index in [-0.39, 0.29) is 0 Å². The average Bonchev–Trinajstić information content (AvgIpc) is 2.57. The Morgan fingerprint density at radius 2 is 2.14 bits per heavy atom. The summed E-state index contributed by atoms with van der Waals surface area (Å²) in [6.07, 6.45) is 3.20. The fourth-order valence-corrected chi connectivity index (χ4v) is 1.73. The lowest BCUT2D eigenvalue weighted by Gasteiger charge is -2.02. The van der Waals surface area contributed by atoms with Crippen LogP contribution in [0.5, 0.6) is 0 Å². The molecule has 14 heavy (non-hydrogen) atoms. The molecule has 0 aliphatic carbocycles. The maximum Gasteiger partial charge on any atom is 0.0480 e. The number of rotatable bonds is 3. The summed E-state index contributed by atoms with van der Waals surface area (Å²) in [6.45, 7) is 1.04. The minimum atomic E-state index is 1.04. The molecule has 1 aromatic carbocycles. The number of aryl methyl sites for hydroxylation is 1. The third-order valence-electron chi connectivity index (χ3n) is 2.62. The summed E-state index contributed by atoms with van der Waals surface area (Å²) in [7, 11) is 4.07. The van der Waals surface area contributed by atoms with Crippen LogP contribution in [0.25, 0.3) is 10.9 Å². The highest BCUT2D eigenvalue weighted by atomic mass is 14.9. The number of nitrogens with one attached hydrogen (secondary N) is 1. The van der Waals surface area contributed by atoms with Crippen molar-refractivity contribution in [2.24, 2.45) is 7.05 Å². The van der Waals surface area contributed by atoms with Crippen LogP contribution in [0.3, 0.4) is 0 Å². The summed E-state index contributed by atoms with van der Waals surface area (Å²) >= 11 is 0. The van der Waals surface area contributed by atoms with Crippen LogP contribution < -0.4 is 5.32 Å². The van der Waals surface area contributed by atoms with Crippen molar-refractivity contribution in [2.75, 3.05) is 13.6 Å². The van der Waals surface area contributed by atoms with Gasteiger partial charge in [0.15, 0.2) is 0 Å². The summed E-state index contributed by atoms with van der Waals surface area (Å²) in [5.41, 5.74) is 2.72. The molecule has 2 rings (SSSR count). The normalized spacial score (nSPS) is 11.0. The summed E-state index contributed by atoms with van der Waals surface area (Å²) in [6, 6.07) is 8.82. The molecule has 0 fully saturated rings. The molecule has 0 aliphatic rings. The van der Waals surface area contributed by atoms with Gasteiger partial charge in [-0.3, -0.25) is 0 Å². The predicted octanol–water partition coefficient (Wildman–Crippen LogP) is 1.94. The zero-order chi connectivity index (χ0) is 9.97. The van der Waals surface area contributed by atoms with E-state index in [4.69, 9.17) is 0 Å². The number of hydrogen-bond donors (Lipinski definition) is 1. The van der Waals surface area contributed by atoms with E-state index in [9.17, 15) is 0 Å². The van der Waals surface area contributed by atoms with Gasteiger partial charge in [-0.15, -0.1) is 0 Å². The molecular formula is C12H16N2. The van der Waals surface area contributed by atoms with Gasteiger partial charge in [-0.25, -0.2) is 0 Å². The second-order valence-corrected chi connectivity index (χ2v) is 3.67. The summed E-state index contributed by atoms with van der Waals surface area (Å²) in [5.74, 6) is 0. The third kappa shape index (κ3) is 1.66. The molecule has 0 atom stereocenters. The van der Waals surface area contributed by atoms with Crippen molar-refractivity contribution in [1.82, 2.24) is 9.88 Å². The predicted molar refractivity (Wildman–Crippen MR) is 60.5 cm³/mol. The quantitative estimate of drug-likeness (QED) is 0.779. The first-order chi connectivity index (χ1) is 6.81. The maximum absolute atomic E-state index is 3.17. The zero-order valence-electron chi connectivity index (χ0n) is 8.75. The Balaban J connectivity index is 2.34. The smallest absolute Gasteiger partial charge is 0.0480 e. The van der Waals surface area contributed by atoms with Crippen molar-refractivity contribution >= 4 is 10.9 Å². The number of nitrogens with zero attached hydrogens (tertiary/aromatic N) is 1. The minimum absolute atomic E-state index is 1.04. The second kappa shape index (κ2) is 3.84. The Hall–Kier alpha value is -1.28. The molecule has 0 saturated heterocycles. The molecule has 74 valence electrons. The minimum Gasteiger partial charge on any atom is -0.351 e. The molecule has 1 aromatic heterocycles. The topological polar surface area (TPSA) is 17.0 Å². The molecule has 0 unspecified atom stereocenters. The Kier molecular flexibility index (Phi) is 2.55. The van der Waals surface area contributed by atoms with Crippen LogP contribution in [0.1, 0.15) is 5.56 Å². The molecule has 0 saturated carbocycles. The lowest BCUT2D eigenvalue weighted by Crippen LogP contribution is -2.10. The highest BCUT2D eigenvalue weighted by Crippen LogP contribution is 2.16. The molecule has 0 aliphatic heterocycles. The summed E-state index contributed by atoms with van der Waals surface area (Å²) < 4.78 is 2.16. The number of aromatic nitrogens is 1. The number of fused-ring (bicyclic) bond motifs is 1. The number of benzene rings is 1. The van der Waals surface area contributed by atoms with Crippen LogP contribution in [0, 0.1) is 0 Å². The van der Waals surface area contributed by atoms with Crippen LogP contribution in [0.2, 0.25) is 0 Å². The third-order valence-corrected chi connectivity index (χ3v) is 2.62. The maximum atomic E-state index is 3.17. The largest absolute Gasteiger partial charge is 0.351 e. The van der Waals surface area contributed by atoms with Gasteiger partial charge in [0, 0.05) is 18.8 Å². The molecule has 1 heterocycles. The van der Waals surface area contributed by atoms with Gasteiger partial charge in [0.1, 0.15) is 0 Å².